The molecule has 0 radical (unpaired) electrons. The highest BCUT2D eigenvalue weighted by Gasteiger charge is 2.08. The first-order valence-corrected chi connectivity index (χ1v) is 10.8. The predicted octanol–water partition coefficient (Wildman–Crippen LogP) is 4.53. The van der Waals surface area contributed by atoms with Gasteiger partial charge in [0, 0.05) is 17.8 Å². The van der Waals surface area contributed by atoms with Crippen molar-refractivity contribution in [3.05, 3.63) is 95.3 Å². The minimum Gasteiger partial charge on any atom is -0.489 e. The van der Waals surface area contributed by atoms with E-state index < -0.39 is 5.91 Å². The molecule has 0 aliphatic rings. The van der Waals surface area contributed by atoms with Crippen LogP contribution in [0, 0.1) is 5.82 Å². The smallest absolute Gasteiger partial charge is 0.265 e. The molecule has 0 saturated heterocycles. The summed E-state index contributed by atoms with van der Waals surface area (Å²) in [4.78, 5) is 29.2. The van der Waals surface area contributed by atoms with Gasteiger partial charge in [0.1, 0.15) is 18.2 Å². The molecule has 0 spiro atoms. The van der Waals surface area contributed by atoms with Crippen LogP contribution < -0.4 is 15.4 Å². The Morgan fingerprint density at radius 1 is 0.971 bits per heavy atom. The Hall–Kier alpha value is -4.20. The van der Waals surface area contributed by atoms with Crippen molar-refractivity contribution < 1.29 is 23.6 Å². The standard InChI is InChI=1S/C26H26FN3O4/c1-3-28-26(32)21-5-4-6-23(15-21)29-25(31)17-34-30-18(2)20-9-13-24(14-10-20)33-16-19-7-11-22(27)12-8-19/h4-15H,3,16-17H2,1-2H3,(H,28,32)(H,29,31)/b30-18+. The highest BCUT2D eigenvalue weighted by atomic mass is 19.1. The van der Waals surface area contributed by atoms with Crippen LogP contribution in [0.15, 0.2) is 78.0 Å². The zero-order valence-corrected chi connectivity index (χ0v) is 19.0. The van der Waals surface area contributed by atoms with Gasteiger partial charge >= 0.3 is 0 Å². The number of anilines is 1. The van der Waals surface area contributed by atoms with E-state index in [1.165, 1.54) is 12.1 Å². The van der Waals surface area contributed by atoms with Crippen molar-refractivity contribution in [1.29, 1.82) is 0 Å². The summed E-state index contributed by atoms with van der Waals surface area (Å²) in [6.07, 6.45) is 0. The third-order valence-corrected chi connectivity index (χ3v) is 4.73. The molecule has 3 rings (SSSR count). The summed E-state index contributed by atoms with van der Waals surface area (Å²) >= 11 is 0. The summed E-state index contributed by atoms with van der Waals surface area (Å²) in [6, 6.07) is 20.0. The Morgan fingerprint density at radius 2 is 1.71 bits per heavy atom. The lowest BCUT2D eigenvalue weighted by Crippen LogP contribution is -2.23. The molecule has 0 heterocycles. The van der Waals surface area contributed by atoms with E-state index in [0.29, 0.717) is 35.9 Å². The van der Waals surface area contributed by atoms with Gasteiger partial charge in [-0.3, -0.25) is 9.59 Å². The first-order valence-electron chi connectivity index (χ1n) is 10.8. The van der Waals surface area contributed by atoms with Crippen molar-refractivity contribution in [3.63, 3.8) is 0 Å². The van der Waals surface area contributed by atoms with E-state index >= 15 is 0 Å². The van der Waals surface area contributed by atoms with Gasteiger partial charge in [-0.2, -0.15) is 0 Å². The number of nitrogens with zero attached hydrogens (tertiary/aromatic N) is 1. The van der Waals surface area contributed by atoms with Crippen molar-refractivity contribution in [2.75, 3.05) is 18.5 Å². The molecule has 0 saturated carbocycles. The van der Waals surface area contributed by atoms with Gasteiger partial charge in [-0.1, -0.05) is 23.4 Å². The molecule has 0 atom stereocenters. The second-order valence-electron chi connectivity index (χ2n) is 7.38. The number of benzene rings is 3. The fourth-order valence-corrected chi connectivity index (χ4v) is 2.98. The molecule has 0 aromatic heterocycles. The van der Waals surface area contributed by atoms with E-state index in [0.717, 1.165) is 11.1 Å². The van der Waals surface area contributed by atoms with Crippen molar-refractivity contribution in [2.24, 2.45) is 5.16 Å². The molecule has 2 amide bonds. The Labute approximate surface area is 197 Å². The molecule has 0 aliphatic carbocycles. The molecular weight excluding hydrogens is 437 g/mol. The van der Waals surface area contributed by atoms with Crippen LogP contribution in [0.25, 0.3) is 0 Å². The molecule has 0 bridgehead atoms. The minimum absolute atomic E-state index is 0.207. The molecular formula is C26H26FN3O4. The normalized spacial score (nSPS) is 11.0. The van der Waals surface area contributed by atoms with Crippen molar-refractivity contribution in [3.8, 4) is 5.75 Å². The summed E-state index contributed by atoms with van der Waals surface area (Å²) in [5.41, 5.74) is 3.22. The predicted molar refractivity (Wildman–Crippen MR) is 128 cm³/mol. The Kier molecular flexibility index (Phi) is 8.73. The molecule has 8 heteroatoms. The van der Waals surface area contributed by atoms with Gasteiger partial charge in [0.25, 0.3) is 11.8 Å². The number of rotatable bonds is 10. The third kappa shape index (κ3) is 7.44. The number of carbonyl (C=O) groups is 2. The van der Waals surface area contributed by atoms with E-state index in [-0.39, 0.29) is 18.3 Å². The quantitative estimate of drug-likeness (QED) is 0.341. The summed E-state index contributed by atoms with van der Waals surface area (Å²) in [6.45, 7) is 4.18. The maximum absolute atomic E-state index is 13.0. The number of amides is 2. The van der Waals surface area contributed by atoms with Crippen LogP contribution >= 0.6 is 0 Å². The maximum Gasteiger partial charge on any atom is 0.265 e. The topological polar surface area (TPSA) is 89.0 Å². The average Bonchev–Trinajstić information content (AvgIpc) is 2.84. The number of hydrogen-bond acceptors (Lipinski definition) is 5. The molecule has 7 nitrogen and oxygen atoms in total. The summed E-state index contributed by atoms with van der Waals surface area (Å²) in [7, 11) is 0. The third-order valence-electron chi connectivity index (χ3n) is 4.73. The van der Waals surface area contributed by atoms with Gasteiger partial charge in [-0.25, -0.2) is 4.39 Å². The zero-order valence-electron chi connectivity index (χ0n) is 19.0. The zero-order chi connectivity index (χ0) is 24.3. The van der Waals surface area contributed by atoms with E-state index in [4.69, 9.17) is 9.57 Å². The van der Waals surface area contributed by atoms with Crippen molar-refractivity contribution in [1.82, 2.24) is 5.32 Å². The van der Waals surface area contributed by atoms with E-state index in [1.54, 1.807) is 55.5 Å². The lowest BCUT2D eigenvalue weighted by atomic mass is 10.1. The maximum atomic E-state index is 13.0. The number of ether oxygens (including phenoxy) is 1. The molecule has 0 aliphatic heterocycles. The molecule has 3 aromatic carbocycles. The number of halogens is 1. The summed E-state index contributed by atoms with van der Waals surface area (Å²) < 4.78 is 18.7. The second kappa shape index (κ2) is 12.2. The van der Waals surface area contributed by atoms with Crippen LogP contribution in [-0.4, -0.2) is 30.7 Å². The minimum atomic E-state index is -0.394. The Morgan fingerprint density at radius 3 is 2.41 bits per heavy atom. The highest BCUT2D eigenvalue weighted by Crippen LogP contribution is 2.15. The molecule has 34 heavy (non-hydrogen) atoms. The number of nitrogens with one attached hydrogen (secondary N) is 2. The fourth-order valence-electron chi connectivity index (χ4n) is 2.98. The van der Waals surface area contributed by atoms with E-state index in [9.17, 15) is 14.0 Å². The fraction of sp³-hybridized carbons (Fsp3) is 0.192. The molecule has 0 fully saturated rings. The Balaban J connectivity index is 1.47. The van der Waals surface area contributed by atoms with Gasteiger partial charge in [0.05, 0.1) is 5.71 Å². The van der Waals surface area contributed by atoms with Crippen LogP contribution in [0.1, 0.15) is 35.3 Å². The van der Waals surface area contributed by atoms with Crippen molar-refractivity contribution in [2.45, 2.75) is 20.5 Å². The average molecular weight is 464 g/mol. The van der Waals surface area contributed by atoms with Crippen LogP contribution in [0.5, 0.6) is 5.75 Å². The summed E-state index contributed by atoms with van der Waals surface area (Å²) in [5, 5.41) is 9.38. The summed E-state index contributed by atoms with van der Waals surface area (Å²) in [5.74, 6) is -0.222. The number of carbonyl (C=O) groups excluding carboxylic acids is 2. The van der Waals surface area contributed by atoms with Crippen LogP contribution in [-0.2, 0) is 16.2 Å². The lowest BCUT2D eigenvalue weighted by Gasteiger charge is -2.08. The van der Waals surface area contributed by atoms with Gasteiger partial charge in [-0.15, -0.1) is 0 Å². The van der Waals surface area contributed by atoms with Gasteiger partial charge in [-0.05, 0) is 79.6 Å². The number of hydrogen-bond donors (Lipinski definition) is 2. The van der Waals surface area contributed by atoms with E-state index in [1.807, 2.05) is 19.1 Å². The molecule has 176 valence electrons. The van der Waals surface area contributed by atoms with E-state index in [2.05, 4.69) is 15.8 Å². The van der Waals surface area contributed by atoms with Crippen LogP contribution in [0.2, 0.25) is 0 Å². The van der Waals surface area contributed by atoms with Crippen molar-refractivity contribution >= 4 is 23.2 Å². The first-order chi connectivity index (χ1) is 16.4. The number of oxime groups is 1. The second-order valence-corrected chi connectivity index (χ2v) is 7.38. The molecule has 2 N–H and O–H groups in total. The Bertz CT molecular complexity index is 1150. The van der Waals surface area contributed by atoms with Crippen LogP contribution in [0.3, 0.4) is 0 Å². The van der Waals surface area contributed by atoms with Crippen LogP contribution in [0.4, 0.5) is 10.1 Å². The largest absolute Gasteiger partial charge is 0.489 e. The van der Waals surface area contributed by atoms with Gasteiger partial charge in [0.2, 0.25) is 0 Å². The first kappa shape index (κ1) is 24.4. The SMILES string of the molecule is CCNC(=O)c1cccc(NC(=O)CO/N=C(\C)c2ccc(OCc3ccc(F)cc3)cc2)c1. The van der Waals surface area contributed by atoms with Gasteiger partial charge < -0.3 is 20.2 Å². The lowest BCUT2D eigenvalue weighted by molar-refractivity contribution is -0.120. The highest BCUT2D eigenvalue weighted by molar-refractivity contribution is 5.99. The monoisotopic (exact) mass is 463 g/mol. The van der Waals surface area contributed by atoms with Gasteiger partial charge in [0.15, 0.2) is 6.61 Å². The molecule has 3 aromatic rings. The molecule has 0 unspecified atom stereocenters.